The number of fused-ring (bicyclic) bond motifs is 2. The average Bonchev–Trinajstić information content (AvgIpc) is 2.99. The molecule has 0 aromatic heterocycles. The lowest BCUT2D eigenvalue weighted by Crippen LogP contribution is -2.31. The summed E-state index contributed by atoms with van der Waals surface area (Å²) in [5.74, 6) is 2.22. The van der Waals surface area contributed by atoms with Gasteiger partial charge in [-0.25, -0.2) is 0 Å². The molecule has 0 unspecified atom stereocenters. The number of nitrogens with zero attached hydrogens (tertiary/aromatic N) is 1. The molecule has 0 bridgehead atoms. The number of amides is 1. The third kappa shape index (κ3) is 1.44. The fraction of sp³-hybridized carbons (Fsp3) is 0.562. The van der Waals surface area contributed by atoms with Crippen LogP contribution in [-0.2, 0) is 11.2 Å². The third-order valence-corrected chi connectivity index (χ3v) is 5.09. The van der Waals surface area contributed by atoms with Crippen LogP contribution in [0, 0.1) is 17.8 Å². The quantitative estimate of drug-likeness (QED) is 0.740. The minimum absolute atomic E-state index is 0.360. The van der Waals surface area contributed by atoms with Crippen LogP contribution in [0.4, 0.5) is 5.69 Å². The van der Waals surface area contributed by atoms with Gasteiger partial charge in [0.25, 0.3) is 0 Å². The summed E-state index contributed by atoms with van der Waals surface area (Å²) in [4.78, 5) is 14.7. The van der Waals surface area contributed by atoms with E-state index in [1.807, 2.05) is 6.07 Å². The monoisotopic (exact) mass is 241 g/mol. The normalized spacial score (nSPS) is 32.9. The van der Waals surface area contributed by atoms with Crippen LogP contribution < -0.4 is 4.90 Å². The van der Waals surface area contributed by atoms with E-state index < -0.39 is 0 Å². The molecule has 2 aliphatic carbocycles. The SMILES string of the molecule is O=C(C1[C@@H]2CCCC[C@@H]12)N1CCc2ccccc21. The molecule has 1 aromatic rings. The van der Waals surface area contributed by atoms with E-state index in [-0.39, 0.29) is 0 Å². The van der Waals surface area contributed by atoms with Crippen LogP contribution in [-0.4, -0.2) is 12.5 Å². The second-order valence-electron chi connectivity index (χ2n) is 6.01. The number of hydrogen-bond donors (Lipinski definition) is 0. The topological polar surface area (TPSA) is 20.3 Å². The van der Waals surface area contributed by atoms with Crippen molar-refractivity contribution < 1.29 is 4.79 Å². The Balaban J connectivity index is 1.57. The van der Waals surface area contributed by atoms with Crippen LogP contribution in [0.3, 0.4) is 0 Å². The Morgan fingerprint density at radius 2 is 1.83 bits per heavy atom. The number of carbonyl (C=O) groups is 1. The molecule has 3 aliphatic rings. The van der Waals surface area contributed by atoms with E-state index in [9.17, 15) is 4.79 Å². The van der Waals surface area contributed by atoms with Gasteiger partial charge in [-0.05, 0) is 42.7 Å². The van der Waals surface area contributed by atoms with Gasteiger partial charge in [-0.15, -0.1) is 0 Å². The van der Waals surface area contributed by atoms with Crippen molar-refractivity contribution in [2.75, 3.05) is 11.4 Å². The van der Waals surface area contributed by atoms with Gasteiger partial charge in [-0.3, -0.25) is 4.79 Å². The predicted molar refractivity (Wildman–Crippen MR) is 71.4 cm³/mol. The molecule has 94 valence electrons. The van der Waals surface area contributed by atoms with E-state index in [1.54, 1.807) is 0 Å². The van der Waals surface area contributed by atoms with Crippen molar-refractivity contribution in [1.29, 1.82) is 0 Å². The lowest BCUT2D eigenvalue weighted by atomic mass is 10.0. The largest absolute Gasteiger partial charge is 0.312 e. The van der Waals surface area contributed by atoms with Gasteiger partial charge in [0.15, 0.2) is 0 Å². The van der Waals surface area contributed by atoms with Crippen LogP contribution in [0.25, 0.3) is 0 Å². The highest BCUT2D eigenvalue weighted by Gasteiger charge is 2.56. The Bertz CT molecular complexity index is 484. The van der Waals surface area contributed by atoms with Crippen molar-refractivity contribution in [3.05, 3.63) is 29.8 Å². The van der Waals surface area contributed by atoms with Gasteiger partial charge in [0.1, 0.15) is 0 Å². The molecule has 1 aromatic carbocycles. The lowest BCUT2D eigenvalue weighted by molar-refractivity contribution is -0.120. The van der Waals surface area contributed by atoms with E-state index in [4.69, 9.17) is 0 Å². The van der Waals surface area contributed by atoms with Gasteiger partial charge in [0.2, 0.25) is 5.91 Å². The molecule has 2 heteroatoms. The van der Waals surface area contributed by atoms with Gasteiger partial charge in [-0.2, -0.15) is 0 Å². The summed E-state index contributed by atoms with van der Waals surface area (Å²) in [5.41, 5.74) is 2.51. The first kappa shape index (κ1) is 10.6. The number of hydrogen-bond acceptors (Lipinski definition) is 1. The maximum absolute atomic E-state index is 12.7. The maximum Gasteiger partial charge on any atom is 0.230 e. The molecule has 0 radical (unpaired) electrons. The van der Waals surface area contributed by atoms with Crippen molar-refractivity contribution in [2.45, 2.75) is 32.1 Å². The Morgan fingerprint density at radius 3 is 2.61 bits per heavy atom. The molecule has 0 spiro atoms. The molecule has 0 saturated heterocycles. The van der Waals surface area contributed by atoms with E-state index in [1.165, 1.54) is 36.9 Å². The average molecular weight is 241 g/mol. The first-order valence-corrected chi connectivity index (χ1v) is 7.25. The Morgan fingerprint density at radius 1 is 1.11 bits per heavy atom. The van der Waals surface area contributed by atoms with Gasteiger partial charge in [0, 0.05) is 18.2 Å². The predicted octanol–water partition coefficient (Wildman–Crippen LogP) is 3.01. The van der Waals surface area contributed by atoms with E-state index in [0.29, 0.717) is 11.8 Å². The highest BCUT2D eigenvalue weighted by molar-refractivity contribution is 5.99. The molecule has 1 aliphatic heterocycles. The van der Waals surface area contributed by atoms with Gasteiger partial charge in [-0.1, -0.05) is 31.0 Å². The molecule has 1 amide bonds. The second kappa shape index (κ2) is 3.84. The number of carbonyl (C=O) groups excluding carboxylic acids is 1. The summed E-state index contributed by atoms with van der Waals surface area (Å²) >= 11 is 0. The number of anilines is 1. The minimum atomic E-state index is 0.360. The molecular weight excluding hydrogens is 222 g/mol. The molecule has 2 saturated carbocycles. The summed E-state index contributed by atoms with van der Waals surface area (Å²) in [6, 6.07) is 8.38. The summed E-state index contributed by atoms with van der Waals surface area (Å²) in [7, 11) is 0. The molecular formula is C16H19NO. The van der Waals surface area contributed by atoms with Crippen molar-refractivity contribution >= 4 is 11.6 Å². The number of rotatable bonds is 1. The zero-order chi connectivity index (χ0) is 12.1. The summed E-state index contributed by atoms with van der Waals surface area (Å²) in [6.07, 6.45) is 6.28. The van der Waals surface area contributed by atoms with Crippen LogP contribution in [0.5, 0.6) is 0 Å². The highest BCUT2D eigenvalue weighted by atomic mass is 16.2. The molecule has 18 heavy (non-hydrogen) atoms. The fourth-order valence-corrected chi connectivity index (χ4v) is 4.11. The van der Waals surface area contributed by atoms with Crippen LogP contribution in [0.15, 0.2) is 24.3 Å². The summed E-state index contributed by atoms with van der Waals surface area (Å²) < 4.78 is 0. The van der Waals surface area contributed by atoms with Crippen LogP contribution in [0.1, 0.15) is 31.2 Å². The van der Waals surface area contributed by atoms with E-state index in [0.717, 1.165) is 24.8 Å². The zero-order valence-electron chi connectivity index (χ0n) is 10.6. The van der Waals surface area contributed by atoms with Crippen LogP contribution >= 0.6 is 0 Å². The highest BCUT2D eigenvalue weighted by Crippen LogP contribution is 2.56. The maximum atomic E-state index is 12.7. The summed E-state index contributed by atoms with van der Waals surface area (Å²) in [5, 5.41) is 0. The Hall–Kier alpha value is -1.31. The third-order valence-electron chi connectivity index (χ3n) is 5.09. The van der Waals surface area contributed by atoms with Crippen molar-refractivity contribution in [2.24, 2.45) is 17.8 Å². The van der Waals surface area contributed by atoms with Crippen molar-refractivity contribution in [3.8, 4) is 0 Å². The first-order chi connectivity index (χ1) is 8.86. The molecule has 2 atom stereocenters. The molecule has 0 N–H and O–H groups in total. The molecule has 1 heterocycles. The lowest BCUT2D eigenvalue weighted by Gasteiger charge is -2.17. The van der Waals surface area contributed by atoms with Crippen molar-refractivity contribution in [1.82, 2.24) is 0 Å². The number of benzene rings is 1. The second-order valence-corrected chi connectivity index (χ2v) is 6.01. The van der Waals surface area contributed by atoms with Crippen molar-refractivity contribution in [3.63, 3.8) is 0 Å². The smallest absolute Gasteiger partial charge is 0.230 e. The fourth-order valence-electron chi connectivity index (χ4n) is 4.11. The van der Waals surface area contributed by atoms with Gasteiger partial charge >= 0.3 is 0 Å². The zero-order valence-corrected chi connectivity index (χ0v) is 10.6. The van der Waals surface area contributed by atoms with E-state index >= 15 is 0 Å². The summed E-state index contributed by atoms with van der Waals surface area (Å²) in [6.45, 7) is 0.897. The van der Waals surface area contributed by atoms with E-state index in [2.05, 4.69) is 23.1 Å². The Labute approximate surface area is 108 Å². The van der Waals surface area contributed by atoms with Gasteiger partial charge < -0.3 is 4.90 Å². The molecule has 2 fully saturated rings. The molecule has 4 rings (SSSR count). The minimum Gasteiger partial charge on any atom is -0.312 e. The number of para-hydroxylation sites is 1. The van der Waals surface area contributed by atoms with Gasteiger partial charge in [0.05, 0.1) is 0 Å². The standard InChI is InChI=1S/C16H19NO/c18-16(15-12-6-2-3-7-13(12)15)17-10-9-11-5-1-4-8-14(11)17/h1,4-5,8,12-13,15H,2-3,6-7,9-10H2/t12-,13-/m1/s1. The molecule has 2 nitrogen and oxygen atoms in total. The Kier molecular flexibility index (Phi) is 2.26. The van der Waals surface area contributed by atoms with Crippen LogP contribution in [0.2, 0.25) is 0 Å². The first-order valence-electron chi connectivity index (χ1n) is 7.25.